The van der Waals surface area contributed by atoms with Gasteiger partial charge in [-0.25, -0.2) is 9.97 Å². The van der Waals surface area contributed by atoms with Crippen LogP contribution < -0.4 is 0 Å². The van der Waals surface area contributed by atoms with Crippen molar-refractivity contribution in [3.63, 3.8) is 0 Å². The first-order chi connectivity index (χ1) is 4.97. The minimum absolute atomic E-state index is 0.564. The summed E-state index contributed by atoms with van der Waals surface area (Å²) in [6.45, 7) is 0.564. The fourth-order valence-electron chi connectivity index (χ4n) is 0.874. The number of fused-ring (bicyclic) bond motifs is 1. The normalized spacial score (nSPS) is 14.0. The zero-order chi connectivity index (χ0) is 6.81. The second-order valence-corrected chi connectivity index (χ2v) is 2.04. The third kappa shape index (κ3) is 0.757. The largest absolute Gasteiger partial charge is 0.495 e. The molecule has 0 aliphatic carbocycles. The Labute approximate surface area is 58.4 Å². The lowest BCUT2D eigenvalue weighted by atomic mass is 10.2. The monoisotopic (exact) mass is 134 g/mol. The molecule has 0 fully saturated rings. The molecule has 0 saturated carbocycles. The van der Waals surface area contributed by atoms with Gasteiger partial charge >= 0.3 is 0 Å². The van der Waals surface area contributed by atoms with Gasteiger partial charge < -0.3 is 4.74 Å². The van der Waals surface area contributed by atoms with Crippen molar-refractivity contribution >= 4 is 6.08 Å². The summed E-state index contributed by atoms with van der Waals surface area (Å²) in [4.78, 5) is 7.91. The minimum atomic E-state index is 0.564. The molecule has 1 aliphatic heterocycles. The van der Waals surface area contributed by atoms with E-state index in [9.17, 15) is 0 Å². The predicted molar refractivity (Wildman–Crippen MR) is 35.9 cm³/mol. The van der Waals surface area contributed by atoms with Crippen LogP contribution in [0.3, 0.4) is 0 Å². The van der Waals surface area contributed by atoms with Crippen LogP contribution in [0.2, 0.25) is 0 Å². The number of nitrogens with zero attached hydrogens (tertiary/aromatic N) is 2. The van der Waals surface area contributed by atoms with Gasteiger partial charge in [-0.3, -0.25) is 0 Å². The molecule has 0 unspecified atom stereocenters. The summed E-state index contributed by atoms with van der Waals surface area (Å²) < 4.78 is 5.03. The smallest absolute Gasteiger partial charge is 0.130 e. The SMILES string of the molecule is C1=Cc2cncnc2CO1. The van der Waals surface area contributed by atoms with Gasteiger partial charge in [0.25, 0.3) is 0 Å². The summed E-state index contributed by atoms with van der Waals surface area (Å²) in [5, 5.41) is 0. The van der Waals surface area contributed by atoms with Gasteiger partial charge in [0.2, 0.25) is 0 Å². The molecular weight excluding hydrogens is 128 g/mol. The average Bonchev–Trinajstić information content (AvgIpc) is 2.05. The first-order valence-electron chi connectivity index (χ1n) is 3.04. The van der Waals surface area contributed by atoms with Crippen molar-refractivity contribution in [1.82, 2.24) is 9.97 Å². The predicted octanol–water partition coefficient (Wildman–Crippen LogP) is 0.978. The number of aromatic nitrogens is 2. The Kier molecular flexibility index (Phi) is 1.13. The molecule has 3 heteroatoms. The minimum Gasteiger partial charge on any atom is -0.495 e. The van der Waals surface area contributed by atoms with E-state index in [1.807, 2.05) is 6.08 Å². The van der Waals surface area contributed by atoms with Crippen LogP contribution in [0, 0.1) is 0 Å². The van der Waals surface area contributed by atoms with Crippen molar-refractivity contribution in [3.8, 4) is 0 Å². The Morgan fingerprint density at radius 3 is 3.40 bits per heavy atom. The van der Waals surface area contributed by atoms with Crippen LogP contribution in [-0.4, -0.2) is 9.97 Å². The maximum Gasteiger partial charge on any atom is 0.130 e. The Morgan fingerprint density at radius 2 is 2.50 bits per heavy atom. The van der Waals surface area contributed by atoms with Crippen LogP contribution in [0.5, 0.6) is 0 Å². The molecule has 1 aromatic heterocycles. The summed E-state index contributed by atoms with van der Waals surface area (Å²) in [6.07, 6.45) is 6.83. The van der Waals surface area contributed by atoms with Gasteiger partial charge in [0.1, 0.15) is 12.9 Å². The van der Waals surface area contributed by atoms with Crippen LogP contribution in [0.1, 0.15) is 11.3 Å². The van der Waals surface area contributed by atoms with Crippen LogP contribution in [0.15, 0.2) is 18.8 Å². The summed E-state index contributed by atoms with van der Waals surface area (Å²) in [5.41, 5.74) is 2.01. The number of hydrogen-bond donors (Lipinski definition) is 0. The van der Waals surface area contributed by atoms with Crippen LogP contribution in [-0.2, 0) is 11.3 Å². The molecule has 0 atom stereocenters. The van der Waals surface area contributed by atoms with E-state index in [1.165, 1.54) is 6.33 Å². The van der Waals surface area contributed by atoms with Gasteiger partial charge in [-0.05, 0) is 6.08 Å². The fraction of sp³-hybridized carbons (Fsp3) is 0.143. The highest BCUT2D eigenvalue weighted by molar-refractivity contribution is 5.50. The van der Waals surface area contributed by atoms with Gasteiger partial charge in [0.05, 0.1) is 12.0 Å². The van der Waals surface area contributed by atoms with Gasteiger partial charge in [-0.2, -0.15) is 0 Å². The van der Waals surface area contributed by atoms with Gasteiger partial charge in [-0.1, -0.05) is 0 Å². The number of hydrogen-bond acceptors (Lipinski definition) is 3. The second kappa shape index (κ2) is 2.10. The van der Waals surface area contributed by atoms with Crippen LogP contribution in [0.4, 0.5) is 0 Å². The third-order valence-electron chi connectivity index (χ3n) is 1.39. The summed E-state index contributed by atoms with van der Waals surface area (Å²) in [7, 11) is 0. The highest BCUT2D eigenvalue weighted by Gasteiger charge is 2.03. The maximum atomic E-state index is 5.03. The lowest BCUT2D eigenvalue weighted by molar-refractivity contribution is 0.230. The zero-order valence-corrected chi connectivity index (χ0v) is 5.32. The van der Waals surface area contributed by atoms with E-state index in [0.29, 0.717) is 6.61 Å². The fourth-order valence-corrected chi connectivity index (χ4v) is 0.874. The highest BCUT2D eigenvalue weighted by Crippen LogP contribution is 2.11. The molecule has 1 aliphatic rings. The van der Waals surface area contributed by atoms with Gasteiger partial charge in [0, 0.05) is 11.8 Å². The molecule has 0 aromatic carbocycles. The number of ether oxygens (including phenoxy) is 1. The van der Waals surface area contributed by atoms with Crippen molar-refractivity contribution in [2.45, 2.75) is 6.61 Å². The third-order valence-corrected chi connectivity index (χ3v) is 1.39. The van der Waals surface area contributed by atoms with Crippen molar-refractivity contribution in [1.29, 1.82) is 0 Å². The van der Waals surface area contributed by atoms with E-state index >= 15 is 0 Å². The Hall–Kier alpha value is -1.38. The maximum absolute atomic E-state index is 5.03. The molecule has 1 aromatic rings. The lowest BCUT2D eigenvalue weighted by Crippen LogP contribution is -1.99. The first-order valence-corrected chi connectivity index (χ1v) is 3.04. The van der Waals surface area contributed by atoms with Crippen LogP contribution >= 0.6 is 0 Å². The molecular formula is C7H6N2O. The van der Waals surface area contributed by atoms with E-state index in [4.69, 9.17) is 4.74 Å². The number of rotatable bonds is 0. The topological polar surface area (TPSA) is 35.0 Å². The van der Waals surface area contributed by atoms with Crippen LogP contribution in [0.25, 0.3) is 6.08 Å². The van der Waals surface area contributed by atoms with E-state index in [1.54, 1.807) is 12.5 Å². The van der Waals surface area contributed by atoms with E-state index < -0.39 is 0 Å². The molecule has 2 rings (SSSR count). The zero-order valence-electron chi connectivity index (χ0n) is 5.32. The molecule has 0 N–H and O–H groups in total. The highest BCUT2D eigenvalue weighted by atomic mass is 16.5. The first kappa shape index (κ1) is 5.41. The molecule has 0 saturated heterocycles. The standard InChI is InChI=1S/C7H6N2O/c1-2-10-4-7-6(1)3-8-5-9-7/h1-3,5H,4H2. The average molecular weight is 134 g/mol. The molecule has 10 heavy (non-hydrogen) atoms. The lowest BCUT2D eigenvalue weighted by Gasteiger charge is -2.07. The van der Waals surface area contributed by atoms with E-state index in [0.717, 1.165) is 11.3 Å². The summed E-state index contributed by atoms with van der Waals surface area (Å²) >= 11 is 0. The summed E-state index contributed by atoms with van der Waals surface area (Å²) in [5.74, 6) is 0. The quantitative estimate of drug-likeness (QED) is 0.530. The van der Waals surface area contributed by atoms with Crippen molar-refractivity contribution in [2.75, 3.05) is 0 Å². The molecule has 0 radical (unpaired) electrons. The second-order valence-electron chi connectivity index (χ2n) is 2.04. The molecule has 0 amide bonds. The molecule has 0 spiro atoms. The van der Waals surface area contributed by atoms with Gasteiger partial charge in [-0.15, -0.1) is 0 Å². The Morgan fingerprint density at radius 1 is 1.50 bits per heavy atom. The molecule has 3 nitrogen and oxygen atoms in total. The van der Waals surface area contributed by atoms with E-state index in [2.05, 4.69) is 9.97 Å². The summed E-state index contributed by atoms with van der Waals surface area (Å²) in [6, 6.07) is 0. The molecule has 0 bridgehead atoms. The van der Waals surface area contributed by atoms with Gasteiger partial charge in [0.15, 0.2) is 0 Å². The molecule has 2 heterocycles. The van der Waals surface area contributed by atoms with E-state index in [-0.39, 0.29) is 0 Å². The van der Waals surface area contributed by atoms with Crippen molar-refractivity contribution < 1.29 is 4.74 Å². The van der Waals surface area contributed by atoms with Crippen molar-refractivity contribution in [2.24, 2.45) is 0 Å². The Bertz CT molecular complexity index is 270. The van der Waals surface area contributed by atoms with Crippen molar-refractivity contribution in [3.05, 3.63) is 30.0 Å². The Balaban J connectivity index is 2.54. The molecule has 50 valence electrons.